The van der Waals surface area contributed by atoms with Crippen LogP contribution in [-0.4, -0.2) is 24.2 Å². The van der Waals surface area contributed by atoms with Gasteiger partial charge in [0.05, 0.1) is 32.3 Å². The van der Waals surface area contributed by atoms with E-state index in [1.165, 1.54) is 0 Å². The SMILES string of the molecule is COc1ccc(-c2ncc(N)cn2)cc1OC. The van der Waals surface area contributed by atoms with Crippen LogP contribution < -0.4 is 15.2 Å². The van der Waals surface area contributed by atoms with Gasteiger partial charge < -0.3 is 15.2 Å². The molecule has 2 N–H and O–H groups in total. The molecule has 2 aromatic rings. The van der Waals surface area contributed by atoms with Crippen LogP contribution in [0.3, 0.4) is 0 Å². The minimum atomic E-state index is 0.536. The van der Waals surface area contributed by atoms with Gasteiger partial charge in [-0.3, -0.25) is 0 Å². The maximum absolute atomic E-state index is 5.54. The number of benzene rings is 1. The van der Waals surface area contributed by atoms with E-state index in [-0.39, 0.29) is 0 Å². The molecule has 0 aliphatic heterocycles. The molecule has 0 spiro atoms. The lowest BCUT2D eigenvalue weighted by Crippen LogP contribution is -1.94. The Kier molecular flexibility index (Phi) is 3.09. The van der Waals surface area contributed by atoms with E-state index in [0.29, 0.717) is 23.0 Å². The van der Waals surface area contributed by atoms with E-state index in [1.54, 1.807) is 26.6 Å². The fourth-order valence-electron chi connectivity index (χ4n) is 1.46. The van der Waals surface area contributed by atoms with Gasteiger partial charge >= 0.3 is 0 Å². The summed E-state index contributed by atoms with van der Waals surface area (Å²) in [6.45, 7) is 0. The van der Waals surface area contributed by atoms with Gasteiger partial charge in [-0.15, -0.1) is 0 Å². The van der Waals surface area contributed by atoms with E-state index in [9.17, 15) is 0 Å². The second-order valence-electron chi connectivity index (χ2n) is 3.41. The van der Waals surface area contributed by atoms with Crippen LogP contribution in [0.1, 0.15) is 0 Å². The second kappa shape index (κ2) is 4.69. The molecule has 0 bridgehead atoms. The van der Waals surface area contributed by atoms with Gasteiger partial charge in [-0.25, -0.2) is 9.97 Å². The van der Waals surface area contributed by atoms with Crippen LogP contribution >= 0.6 is 0 Å². The monoisotopic (exact) mass is 231 g/mol. The zero-order valence-corrected chi connectivity index (χ0v) is 9.68. The van der Waals surface area contributed by atoms with Crippen LogP contribution in [0.4, 0.5) is 5.69 Å². The van der Waals surface area contributed by atoms with Gasteiger partial charge in [-0.05, 0) is 18.2 Å². The van der Waals surface area contributed by atoms with Crippen LogP contribution in [0.15, 0.2) is 30.6 Å². The van der Waals surface area contributed by atoms with Crippen LogP contribution in [0, 0.1) is 0 Å². The van der Waals surface area contributed by atoms with E-state index in [4.69, 9.17) is 15.2 Å². The Morgan fingerprint density at radius 3 is 2.24 bits per heavy atom. The number of hydrogen-bond acceptors (Lipinski definition) is 5. The first-order valence-corrected chi connectivity index (χ1v) is 5.04. The molecule has 0 aliphatic rings. The Balaban J connectivity index is 2.42. The zero-order chi connectivity index (χ0) is 12.3. The highest BCUT2D eigenvalue weighted by atomic mass is 16.5. The van der Waals surface area contributed by atoms with E-state index in [2.05, 4.69) is 9.97 Å². The molecule has 1 aromatic heterocycles. The summed E-state index contributed by atoms with van der Waals surface area (Å²) in [7, 11) is 3.18. The molecule has 0 amide bonds. The lowest BCUT2D eigenvalue weighted by molar-refractivity contribution is 0.355. The lowest BCUT2D eigenvalue weighted by Gasteiger charge is -2.08. The number of rotatable bonds is 3. The Morgan fingerprint density at radius 2 is 1.65 bits per heavy atom. The summed E-state index contributed by atoms with van der Waals surface area (Å²) >= 11 is 0. The largest absolute Gasteiger partial charge is 0.493 e. The number of aromatic nitrogens is 2. The summed E-state index contributed by atoms with van der Waals surface area (Å²) in [4.78, 5) is 8.29. The second-order valence-corrected chi connectivity index (χ2v) is 3.41. The molecule has 0 fully saturated rings. The maximum Gasteiger partial charge on any atom is 0.161 e. The number of nitrogens with two attached hydrogens (primary N) is 1. The average Bonchev–Trinajstić information content (AvgIpc) is 2.39. The normalized spacial score (nSPS) is 10.0. The standard InChI is InChI=1S/C12H13N3O2/c1-16-10-4-3-8(5-11(10)17-2)12-14-6-9(13)7-15-12/h3-7H,13H2,1-2H3. The molecule has 0 atom stereocenters. The lowest BCUT2D eigenvalue weighted by atomic mass is 10.2. The quantitative estimate of drug-likeness (QED) is 0.871. The third-order valence-electron chi connectivity index (χ3n) is 2.31. The van der Waals surface area contributed by atoms with E-state index in [0.717, 1.165) is 5.56 Å². The molecule has 0 unspecified atom stereocenters. The van der Waals surface area contributed by atoms with Crippen molar-refractivity contribution in [2.45, 2.75) is 0 Å². The molecule has 5 heteroatoms. The number of anilines is 1. The molecule has 1 heterocycles. The number of methoxy groups -OCH3 is 2. The minimum Gasteiger partial charge on any atom is -0.493 e. The van der Waals surface area contributed by atoms with Crippen molar-refractivity contribution in [2.24, 2.45) is 0 Å². The molecular weight excluding hydrogens is 218 g/mol. The number of nitrogen functional groups attached to an aromatic ring is 1. The van der Waals surface area contributed by atoms with E-state index < -0.39 is 0 Å². The molecule has 0 saturated carbocycles. The van der Waals surface area contributed by atoms with Crippen molar-refractivity contribution in [3.63, 3.8) is 0 Å². The van der Waals surface area contributed by atoms with Gasteiger partial charge in [0, 0.05) is 5.56 Å². The van der Waals surface area contributed by atoms with Crippen LogP contribution in [-0.2, 0) is 0 Å². The first-order chi connectivity index (χ1) is 8.24. The molecule has 17 heavy (non-hydrogen) atoms. The number of hydrogen-bond donors (Lipinski definition) is 1. The smallest absolute Gasteiger partial charge is 0.161 e. The van der Waals surface area contributed by atoms with E-state index >= 15 is 0 Å². The Labute approximate surface area is 99.2 Å². The van der Waals surface area contributed by atoms with Gasteiger partial charge in [-0.1, -0.05) is 0 Å². The van der Waals surface area contributed by atoms with Crippen molar-refractivity contribution in [3.05, 3.63) is 30.6 Å². The molecule has 0 saturated heterocycles. The Morgan fingerprint density at radius 1 is 1.00 bits per heavy atom. The third-order valence-corrected chi connectivity index (χ3v) is 2.31. The first-order valence-electron chi connectivity index (χ1n) is 5.04. The summed E-state index contributed by atoms with van der Waals surface area (Å²) < 4.78 is 10.4. The van der Waals surface area contributed by atoms with Gasteiger partial charge in [0.2, 0.25) is 0 Å². The highest BCUT2D eigenvalue weighted by molar-refractivity contribution is 5.61. The fraction of sp³-hybridized carbons (Fsp3) is 0.167. The van der Waals surface area contributed by atoms with Gasteiger partial charge in [-0.2, -0.15) is 0 Å². The van der Waals surface area contributed by atoms with Crippen LogP contribution in [0.5, 0.6) is 11.5 Å². The topological polar surface area (TPSA) is 70.3 Å². The van der Waals surface area contributed by atoms with Gasteiger partial charge in [0.15, 0.2) is 17.3 Å². The predicted molar refractivity (Wildman–Crippen MR) is 65.0 cm³/mol. The van der Waals surface area contributed by atoms with Crippen LogP contribution in [0.2, 0.25) is 0 Å². The van der Waals surface area contributed by atoms with Crippen molar-refractivity contribution in [3.8, 4) is 22.9 Å². The van der Waals surface area contributed by atoms with Gasteiger partial charge in [0.25, 0.3) is 0 Å². The summed E-state index contributed by atoms with van der Waals surface area (Å²) in [5.41, 5.74) is 6.92. The van der Waals surface area contributed by atoms with Crippen molar-refractivity contribution in [1.82, 2.24) is 9.97 Å². The Bertz CT molecular complexity index is 512. The molecule has 5 nitrogen and oxygen atoms in total. The van der Waals surface area contributed by atoms with Crippen molar-refractivity contribution < 1.29 is 9.47 Å². The highest BCUT2D eigenvalue weighted by Gasteiger charge is 2.07. The molecule has 88 valence electrons. The Hall–Kier alpha value is -2.30. The summed E-state index contributed by atoms with van der Waals surface area (Å²) in [5.74, 6) is 1.91. The van der Waals surface area contributed by atoms with Gasteiger partial charge in [0.1, 0.15) is 0 Å². The van der Waals surface area contributed by atoms with E-state index in [1.807, 2.05) is 18.2 Å². The molecule has 0 radical (unpaired) electrons. The summed E-state index contributed by atoms with van der Waals surface area (Å²) in [6, 6.07) is 5.51. The maximum atomic E-state index is 5.54. The zero-order valence-electron chi connectivity index (χ0n) is 9.68. The molecule has 0 aliphatic carbocycles. The predicted octanol–water partition coefficient (Wildman–Crippen LogP) is 1.74. The fourth-order valence-corrected chi connectivity index (χ4v) is 1.46. The summed E-state index contributed by atoms with van der Waals surface area (Å²) in [6.07, 6.45) is 3.14. The molecular formula is C12H13N3O2. The van der Waals surface area contributed by atoms with Crippen molar-refractivity contribution >= 4 is 5.69 Å². The average molecular weight is 231 g/mol. The molecule has 2 rings (SSSR count). The first kappa shape index (κ1) is 11.2. The summed E-state index contributed by atoms with van der Waals surface area (Å²) in [5, 5.41) is 0. The van der Waals surface area contributed by atoms with Crippen molar-refractivity contribution in [2.75, 3.05) is 20.0 Å². The number of nitrogens with zero attached hydrogens (tertiary/aromatic N) is 2. The van der Waals surface area contributed by atoms with Crippen LogP contribution in [0.25, 0.3) is 11.4 Å². The van der Waals surface area contributed by atoms with Crippen molar-refractivity contribution in [1.29, 1.82) is 0 Å². The third kappa shape index (κ3) is 2.28. The molecule has 1 aromatic carbocycles. The minimum absolute atomic E-state index is 0.536. The highest BCUT2D eigenvalue weighted by Crippen LogP contribution is 2.30. The number of ether oxygens (including phenoxy) is 2.